The number of Topliss-reactive ketones (excluding diaryl/α,β-unsaturated/α-hetero) is 1. The second kappa shape index (κ2) is 15.5. The van der Waals surface area contributed by atoms with Crippen LogP contribution >= 0.6 is 0 Å². The van der Waals surface area contributed by atoms with Crippen molar-refractivity contribution in [3.8, 4) is 0 Å². The molecule has 194 valence electrons. The fourth-order valence-corrected chi connectivity index (χ4v) is 4.46. The highest BCUT2D eigenvalue weighted by Crippen LogP contribution is 2.35. The Bertz CT molecular complexity index is 852. The number of benzene rings is 1. The van der Waals surface area contributed by atoms with E-state index in [0.29, 0.717) is 30.7 Å². The van der Waals surface area contributed by atoms with Crippen molar-refractivity contribution in [2.75, 3.05) is 6.61 Å². The van der Waals surface area contributed by atoms with Crippen molar-refractivity contribution in [1.29, 1.82) is 0 Å². The summed E-state index contributed by atoms with van der Waals surface area (Å²) in [6, 6.07) is 6.78. The lowest BCUT2D eigenvalue weighted by Crippen LogP contribution is -2.26. The Hall–Kier alpha value is -2.43. The van der Waals surface area contributed by atoms with Crippen molar-refractivity contribution in [2.24, 2.45) is 10.4 Å². The average Bonchev–Trinajstić information content (AvgIpc) is 2.81. The van der Waals surface area contributed by atoms with Gasteiger partial charge in [-0.05, 0) is 36.1 Å². The maximum absolute atomic E-state index is 12.3. The number of carbonyl (C=O) groups is 2. The number of ketones is 1. The molecule has 0 bridgehead atoms. The lowest BCUT2D eigenvalue weighted by atomic mass is 9.77. The Morgan fingerprint density at radius 2 is 1.46 bits per heavy atom. The largest absolute Gasteiger partial charge is 0.511 e. The van der Waals surface area contributed by atoms with Gasteiger partial charge in [-0.1, -0.05) is 91.4 Å². The number of ether oxygens (including phenoxy) is 1. The number of rotatable bonds is 16. The molecule has 0 saturated carbocycles. The number of allylic oxidation sites excluding steroid dienone is 2. The summed E-state index contributed by atoms with van der Waals surface area (Å²) in [4.78, 5) is 28.8. The molecule has 0 aromatic heterocycles. The first-order valence-corrected chi connectivity index (χ1v) is 13.6. The summed E-state index contributed by atoms with van der Waals surface area (Å²) >= 11 is 0. The van der Waals surface area contributed by atoms with Gasteiger partial charge >= 0.3 is 5.97 Å². The minimum absolute atomic E-state index is 0.0907. The van der Waals surface area contributed by atoms with Gasteiger partial charge in [0.1, 0.15) is 5.76 Å². The molecular weight excluding hydrogens is 438 g/mol. The van der Waals surface area contributed by atoms with E-state index in [0.717, 1.165) is 12.8 Å². The van der Waals surface area contributed by atoms with Crippen LogP contribution in [0, 0.1) is 5.41 Å². The molecule has 0 saturated heterocycles. The first kappa shape index (κ1) is 28.8. The number of aliphatic imine (C=N–C) groups is 1. The summed E-state index contributed by atoms with van der Waals surface area (Å²) < 4.78 is 5.40. The molecule has 1 N–H and O–H groups in total. The summed E-state index contributed by atoms with van der Waals surface area (Å²) in [6.45, 7) is 6.63. The van der Waals surface area contributed by atoms with Gasteiger partial charge in [0.05, 0.1) is 23.4 Å². The number of hydrogen-bond acceptors (Lipinski definition) is 5. The van der Waals surface area contributed by atoms with Crippen molar-refractivity contribution in [3.05, 3.63) is 41.2 Å². The molecule has 5 heteroatoms. The zero-order valence-electron chi connectivity index (χ0n) is 22.1. The number of carbonyl (C=O) groups excluding carboxylic acids is 2. The fourth-order valence-electron chi connectivity index (χ4n) is 4.46. The molecule has 1 aliphatic rings. The number of hydrogen-bond donors (Lipinski definition) is 1. The van der Waals surface area contributed by atoms with Gasteiger partial charge in [0.2, 0.25) is 0 Å². The van der Waals surface area contributed by atoms with Crippen molar-refractivity contribution < 1.29 is 19.4 Å². The molecule has 1 aliphatic carbocycles. The predicted octanol–water partition coefficient (Wildman–Crippen LogP) is 8.45. The Labute approximate surface area is 212 Å². The number of nitrogens with zero attached hydrogens (tertiary/aromatic N) is 1. The molecule has 0 atom stereocenters. The second-order valence-electron chi connectivity index (χ2n) is 10.6. The maximum atomic E-state index is 12.3. The number of unbranched alkanes of at least 4 members (excludes halogenated alkanes) is 11. The van der Waals surface area contributed by atoms with E-state index < -0.39 is 0 Å². The zero-order chi connectivity index (χ0) is 25.5. The van der Waals surface area contributed by atoms with Gasteiger partial charge < -0.3 is 9.84 Å². The molecule has 0 amide bonds. The summed E-state index contributed by atoms with van der Waals surface area (Å²) in [7, 11) is 0. The predicted molar refractivity (Wildman–Crippen MR) is 144 cm³/mol. The molecular formula is C30H45NO4. The molecule has 35 heavy (non-hydrogen) atoms. The Balaban J connectivity index is 1.61. The maximum Gasteiger partial charge on any atom is 0.338 e. The summed E-state index contributed by atoms with van der Waals surface area (Å²) in [5, 5.41) is 10.2. The van der Waals surface area contributed by atoms with Gasteiger partial charge in [-0.25, -0.2) is 4.79 Å². The van der Waals surface area contributed by atoms with Crippen molar-refractivity contribution >= 4 is 23.7 Å². The first-order chi connectivity index (χ1) is 16.8. The molecule has 1 aromatic carbocycles. The third kappa shape index (κ3) is 11.2. The van der Waals surface area contributed by atoms with Crippen LogP contribution in [0.2, 0.25) is 0 Å². The minimum Gasteiger partial charge on any atom is -0.511 e. The van der Waals surface area contributed by atoms with E-state index in [-0.39, 0.29) is 28.5 Å². The smallest absolute Gasteiger partial charge is 0.338 e. The van der Waals surface area contributed by atoms with Crippen LogP contribution in [0.1, 0.15) is 121 Å². The summed E-state index contributed by atoms with van der Waals surface area (Å²) in [5.41, 5.74) is 1.14. The highest BCUT2D eigenvalue weighted by Gasteiger charge is 2.32. The van der Waals surface area contributed by atoms with Gasteiger partial charge in [0.25, 0.3) is 0 Å². The van der Waals surface area contributed by atoms with Crippen molar-refractivity contribution in [3.63, 3.8) is 0 Å². The van der Waals surface area contributed by atoms with Crippen LogP contribution in [0.4, 0.5) is 5.69 Å². The van der Waals surface area contributed by atoms with Gasteiger partial charge in [0.15, 0.2) is 5.78 Å². The van der Waals surface area contributed by atoms with E-state index in [1.54, 1.807) is 24.3 Å². The second-order valence-corrected chi connectivity index (χ2v) is 10.6. The number of esters is 1. The molecule has 0 aliphatic heterocycles. The van der Waals surface area contributed by atoms with Gasteiger partial charge in [0, 0.05) is 19.1 Å². The van der Waals surface area contributed by atoms with Crippen LogP contribution in [0.5, 0.6) is 0 Å². The van der Waals surface area contributed by atoms with Gasteiger partial charge in [-0.15, -0.1) is 0 Å². The van der Waals surface area contributed by atoms with Crippen LogP contribution in [0.25, 0.3) is 0 Å². The Kier molecular flexibility index (Phi) is 12.8. The molecule has 0 spiro atoms. The first-order valence-electron chi connectivity index (χ1n) is 13.6. The molecule has 5 nitrogen and oxygen atoms in total. The number of aliphatic hydroxyl groups is 1. The van der Waals surface area contributed by atoms with Crippen LogP contribution in [0.3, 0.4) is 0 Å². The van der Waals surface area contributed by atoms with Crippen LogP contribution in [-0.2, 0) is 9.53 Å². The summed E-state index contributed by atoms with van der Waals surface area (Å²) in [6.07, 6.45) is 17.6. The third-order valence-corrected chi connectivity index (χ3v) is 6.57. The van der Waals surface area contributed by atoms with E-state index in [2.05, 4.69) is 11.9 Å². The van der Waals surface area contributed by atoms with Crippen molar-refractivity contribution in [2.45, 2.75) is 111 Å². The Morgan fingerprint density at radius 3 is 2.00 bits per heavy atom. The normalized spacial score (nSPS) is 15.7. The fraction of sp³-hybridized carbons (Fsp3) is 0.633. The highest BCUT2D eigenvalue weighted by molar-refractivity contribution is 6.14. The van der Waals surface area contributed by atoms with Crippen LogP contribution in [-0.4, -0.2) is 29.7 Å². The standard InChI is InChI=1S/C30H45NO4/c1-4-5-6-7-8-9-10-11-12-13-14-15-20-35-29(34)24-16-18-25(19-17-24)31-23-26-27(32)21-30(2,3)22-28(26)33/h16-19,23,32H,4-15,20-22H2,1-3H3. The monoisotopic (exact) mass is 483 g/mol. The Morgan fingerprint density at radius 1 is 0.914 bits per heavy atom. The number of aliphatic hydroxyl groups excluding tert-OH is 1. The lowest BCUT2D eigenvalue weighted by molar-refractivity contribution is -0.117. The van der Waals surface area contributed by atoms with Gasteiger partial charge in [-0.2, -0.15) is 0 Å². The molecule has 0 fully saturated rings. The van der Waals surface area contributed by atoms with E-state index in [1.165, 1.54) is 70.4 Å². The average molecular weight is 484 g/mol. The van der Waals surface area contributed by atoms with E-state index >= 15 is 0 Å². The summed E-state index contributed by atoms with van der Waals surface area (Å²) in [5.74, 6) is -0.331. The highest BCUT2D eigenvalue weighted by atomic mass is 16.5. The quantitative estimate of drug-likeness (QED) is 0.145. The minimum atomic E-state index is -0.325. The van der Waals surface area contributed by atoms with E-state index in [1.807, 2.05) is 13.8 Å². The molecule has 1 aromatic rings. The van der Waals surface area contributed by atoms with Crippen LogP contribution in [0.15, 0.2) is 40.6 Å². The van der Waals surface area contributed by atoms with E-state index in [9.17, 15) is 14.7 Å². The molecule has 0 unspecified atom stereocenters. The van der Waals surface area contributed by atoms with E-state index in [4.69, 9.17) is 4.74 Å². The topological polar surface area (TPSA) is 76.0 Å². The zero-order valence-corrected chi connectivity index (χ0v) is 22.1. The molecule has 0 heterocycles. The molecule has 2 rings (SSSR count). The molecule has 0 radical (unpaired) electrons. The van der Waals surface area contributed by atoms with Crippen LogP contribution < -0.4 is 0 Å². The van der Waals surface area contributed by atoms with Crippen molar-refractivity contribution in [1.82, 2.24) is 0 Å². The SMILES string of the molecule is CCCCCCCCCCCCCCOC(=O)c1ccc(N=CC2=C(O)CC(C)(C)CC2=O)cc1. The van der Waals surface area contributed by atoms with Gasteiger partial charge in [-0.3, -0.25) is 9.79 Å². The third-order valence-electron chi connectivity index (χ3n) is 6.57. The lowest BCUT2D eigenvalue weighted by Gasteiger charge is -2.28.